The molecule has 1 N–H and O–H groups in total. The van der Waals surface area contributed by atoms with Crippen molar-refractivity contribution in [1.29, 1.82) is 0 Å². The highest BCUT2D eigenvalue weighted by Crippen LogP contribution is 2.24. The van der Waals surface area contributed by atoms with E-state index in [1.807, 2.05) is 30.3 Å². The van der Waals surface area contributed by atoms with E-state index in [9.17, 15) is 14.9 Å². The van der Waals surface area contributed by atoms with Gasteiger partial charge in [0.15, 0.2) is 0 Å². The van der Waals surface area contributed by atoms with Crippen molar-refractivity contribution >= 4 is 17.3 Å². The maximum atomic E-state index is 12.4. The summed E-state index contributed by atoms with van der Waals surface area (Å²) in [6, 6.07) is 22.5. The summed E-state index contributed by atoms with van der Waals surface area (Å²) in [7, 11) is 0. The van der Waals surface area contributed by atoms with Gasteiger partial charge in [-0.05, 0) is 48.9 Å². The largest absolute Gasteiger partial charge is 0.457 e. The first kappa shape index (κ1) is 18.1. The lowest BCUT2D eigenvalue weighted by Gasteiger charge is -2.13. The molecule has 0 aromatic heterocycles. The van der Waals surface area contributed by atoms with Gasteiger partial charge in [0, 0.05) is 17.8 Å². The van der Waals surface area contributed by atoms with Crippen molar-refractivity contribution in [3.63, 3.8) is 0 Å². The van der Waals surface area contributed by atoms with Gasteiger partial charge in [0.2, 0.25) is 5.91 Å². The number of benzene rings is 3. The molecule has 0 fully saturated rings. The summed E-state index contributed by atoms with van der Waals surface area (Å²) < 4.78 is 5.72. The maximum absolute atomic E-state index is 12.4. The third-order valence-electron chi connectivity index (χ3n) is 4.10. The Morgan fingerprint density at radius 2 is 1.52 bits per heavy atom. The average molecular weight is 362 g/mol. The fourth-order valence-corrected chi connectivity index (χ4v) is 2.52. The van der Waals surface area contributed by atoms with Crippen LogP contribution in [0.25, 0.3) is 0 Å². The second-order valence-corrected chi connectivity index (χ2v) is 6.00. The number of nitro groups is 1. The number of ether oxygens (including phenoxy) is 1. The summed E-state index contributed by atoms with van der Waals surface area (Å²) >= 11 is 0. The molecule has 0 saturated carbocycles. The molecule has 6 nitrogen and oxygen atoms in total. The molecule has 136 valence electrons. The van der Waals surface area contributed by atoms with Gasteiger partial charge in [-0.3, -0.25) is 14.9 Å². The molecule has 0 saturated heterocycles. The van der Waals surface area contributed by atoms with Crippen LogP contribution in [0.1, 0.15) is 18.4 Å². The highest BCUT2D eigenvalue weighted by atomic mass is 16.6. The molecule has 3 rings (SSSR count). The number of nitrogens with zero attached hydrogens (tertiary/aromatic N) is 1. The predicted molar refractivity (Wildman–Crippen MR) is 103 cm³/mol. The number of hydrogen-bond donors (Lipinski definition) is 1. The van der Waals surface area contributed by atoms with Crippen molar-refractivity contribution in [2.24, 2.45) is 0 Å². The van der Waals surface area contributed by atoms with Gasteiger partial charge in [0.25, 0.3) is 5.69 Å². The first-order valence-corrected chi connectivity index (χ1v) is 8.41. The van der Waals surface area contributed by atoms with Crippen molar-refractivity contribution in [3.05, 3.63) is 94.5 Å². The number of rotatable bonds is 6. The van der Waals surface area contributed by atoms with Gasteiger partial charge in [0.1, 0.15) is 11.5 Å². The van der Waals surface area contributed by atoms with E-state index in [4.69, 9.17) is 4.74 Å². The van der Waals surface area contributed by atoms with Crippen LogP contribution in [-0.2, 0) is 4.79 Å². The molecule has 0 heterocycles. The number of non-ortho nitro benzene ring substituents is 1. The monoisotopic (exact) mass is 362 g/mol. The molecule has 0 spiro atoms. The van der Waals surface area contributed by atoms with Crippen molar-refractivity contribution < 1.29 is 14.5 Å². The zero-order valence-corrected chi connectivity index (χ0v) is 14.7. The number of amides is 1. The molecule has 1 unspecified atom stereocenters. The second kappa shape index (κ2) is 8.14. The van der Waals surface area contributed by atoms with Crippen LogP contribution in [0, 0.1) is 10.1 Å². The molecule has 0 aliphatic carbocycles. The molecular formula is C21H18N2O4. The van der Waals surface area contributed by atoms with Gasteiger partial charge in [-0.25, -0.2) is 0 Å². The fraction of sp³-hybridized carbons (Fsp3) is 0.0952. The van der Waals surface area contributed by atoms with Crippen LogP contribution in [0.5, 0.6) is 11.5 Å². The van der Waals surface area contributed by atoms with Crippen LogP contribution in [-0.4, -0.2) is 10.8 Å². The Morgan fingerprint density at radius 3 is 2.11 bits per heavy atom. The van der Waals surface area contributed by atoms with E-state index in [-0.39, 0.29) is 11.6 Å². The van der Waals surface area contributed by atoms with E-state index < -0.39 is 10.8 Å². The fourth-order valence-electron chi connectivity index (χ4n) is 2.52. The molecule has 1 amide bonds. The number of nitro benzene ring substituents is 1. The summed E-state index contributed by atoms with van der Waals surface area (Å²) in [6.07, 6.45) is 0. The Morgan fingerprint density at radius 1 is 0.926 bits per heavy atom. The van der Waals surface area contributed by atoms with E-state index in [1.165, 1.54) is 12.1 Å². The Bertz CT molecular complexity index is 923. The van der Waals surface area contributed by atoms with Gasteiger partial charge in [-0.15, -0.1) is 0 Å². The van der Waals surface area contributed by atoms with E-state index in [0.29, 0.717) is 17.0 Å². The van der Waals surface area contributed by atoms with Gasteiger partial charge < -0.3 is 10.1 Å². The topological polar surface area (TPSA) is 81.5 Å². The molecule has 0 aliphatic rings. The molecule has 0 bridgehead atoms. The van der Waals surface area contributed by atoms with E-state index in [2.05, 4.69) is 5.32 Å². The van der Waals surface area contributed by atoms with Crippen LogP contribution in [0.15, 0.2) is 78.9 Å². The van der Waals surface area contributed by atoms with E-state index in [1.54, 1.807) is 43.3 Å². The second-order valence-electron chi connectivity index (χ2n) is 6.00. The number of nitrogens with one attached hydrogen (secondary N) is 1. The lowest BCUT2D eigenvalue weighted by atomic mass is 10.00. The quantitative estimate of drug-likeness (QED) is 0.487. The zero-order valence-electron chi connectivity index (χ0n) is 14.7. The molecule has 3 aromatic carbocycles. The predicted octanol–water partition coefficient (Wildman–Crippen LogP) is 5.13. The SMILES string of the molecule is CC(C(=O)Nc1ccc(Oc2ccccc2)cc1)c1ccc([N+](=O)[O-])cc1. The van der Waals surface area contributed by atoms with E-state index in [0.717, 1.165) is 5.75 Å². The number of para-hydroxylation sites is 1. The standard InChI is InChI=1S/C21H18N2O4/c1-15(16-7-11-18(12-8-16)23(25)26)21(24)22-17-9-13-20(14-10-17)27-19-5-3-2-4-6-19/h2-15H,1H3,(H,22,24). The van der Waals surface area contributed by atoms with Crippen molar-refractivity contribution in [3.8, 4) is 11.5 Å². The summed E-state index contributed by atoms with van der Waals surface area (Å²) in [5, 5.41) is 13.6. The molecule has 0 aliphatic heterocycles. The molecular weight excluding hydrogens is 344 g/mol. The van der Waals surface area contributed by atoms with Gasteiger partial charge in [-0.2, -0.15) is 0 Å². The lowest BCUT2D eigenvalue weighted by Crippen LogP contribution is -2.18. The minimum Gasteiger partial charge on any atom is -0.457 e. The first-order chi connectivity index (χ1) is 13.0. The van der Waals surface area contributed by atoms with Gasteiger partial charge >= 0.3 is 0 Å². The Hall–Kier alpha value is -3.67. The van der Waals surface area contributed by atoms with Crippen LogP contribution in [0.2, 0.25) is 0 Å². The van der Waals surface area contributed by atoms with Gasteiger partial charge in [-0.1, -0.05) is 30.3 Å². The minimum absolute atomic E-state index is 0.000336. The number of carbonyl (C=O) groups excluding carboxylic acids is 1. The highest BCUT2D eigenvalue weighted by Gasteiger charge is 2.16. The molecule has 0 radical (unpaired) electrons. The van der Waals surface area contributed by atoms with Crippen LogP contribution in [0.4, 0.5) is 11.4 Å². The molecule has 27 heavy (non-hydrogen) atoms. The van der Waals surface area contributed by atoms with Crippen LogP contribution in [0.3, 0.4) is 0 Å². The smallest absolute Gasteiger partial charge is 0.269 e. The highest BCUT2D eigenvalue weighted by molar-refractivity contribution is 5.95. The van der Waals surface area contributed by atoms with E-state index >= 15 is 0 Å². The Kier molecular flexibility index (Phi) is 5.47. The minimum atomic E-state index is -0.465. The summed E-state index contributed by atoms with van der Waals surface area (Å²) in [4.78, 5) is 22.7. The third kappa shape index (κ3) is 4.70. The van der Waals surface area contributed by atoms with Crippen LogP contribution < -0.4 is 10.1 Å². The Balaban J connectivity index is 1.62. The summed E-state index contributed by atoms with van der Waals surface area (Å²) in [6.45, 7) is 1.75. The Labute approximate surface area is 156 Å². The molecule has 1 atom stereocenters. The normalized spacial score (nSPS) is 11.4. The van der Waals surface area contributed by atoms with Gasteiger partial charge in [0.05, 0.1) is 10.8 Å². The summed E-state index contributed by atoms with van der Waals surface area (Å²) in [5.74, 6) is 0.773. The maximum Gasteiger partial charge on any atom is 0.269 e. The molecule has 6 heteroatoms. The zero-order chi connectivity index (χ0) is 19.2. The number of carbonyl (C=O) groups is 1. The average Bonchev–Trinajstić information content (AvgIpc) is 2.69. The summed E-state index contributed by atoms with van der Waals surface area (Å²) in [5.41, 5.74) is 1.36. The third-order valence-corrected chi connectivity index (χ3v) is 4.10. The van der Waals surface area contributed by atoms with Crippen molar-refractivity contribution in [1.82, 2.24) is 0 Å². The van der Waals surface area contributed by atoms with Crippen molar-refractivity contribution in [2.75, 3.05) is 5.32 Å². The van der Waals surface area contributed by atoms with Crippen LogP contribution >= 0.6 is 0 Å². The lowest BCUT2D eigenvalue weighted by molar-refractivity contribution is -0.384. The van der Waals surface area contributed by atoms with Crippen molar-refractivity contribution in [2.45, 2.75) is 12.8 Å². The first-order valence-electron chi connectivity index (χ1n) is 8.41. The number of hydrogen-bond acceptors (Lipinski definition) is 4. The number of anilines is 1. The molecule has 3 aromatic rings.